The minimum absolute atomic E-state index is 0.162. The number of rotatable bonds is 4. The van der Waals surface area contributed by atoms with Crippen molar-refractivity contribution in [3.8, 4) is 0 Å². The lowest BCUT2D eigenvalue weighted by Gasteiger charge is -2.05. The number of nitrogens with one attached hydrogen (secondary N) is 2. The molecule has 0 aliphatic carbocycles. The molecular weight excluding hydrogens is 300 g/mol. The summed E-state index contributed by atoms with van der Waals surface area (Å²) in [6, 6.07) is 7.26. The van der Waals surface area contributed by atoms with Crippen LogP contribution in [0.2, 0.25) is 0 Å². The van der Waals surface area contributed by atoms with Crippen molar-refractivity contribution in [2.75, 3.05) is 0 Å². The van der Waals surface area contributed by atoms with Crippen LogP contribution in [0.3, 0.4) is 0 Å². The molecule has 3 rings (SSSR count). The highest BCUT2D eigenvalue weighted by Crippen LogP contribution is 2.16. The van der Waals surface area contributed by atoms with Crippen LogP contribution in [0.1, 0.15) is 11.1 Å². The van der Waals surface area contributed by atoms with Gasteiger partial charge in [-0.1, -0.05) is 6.07 Å². The molecule has 0 aliphatic heterocycles. The first-order valence-electron chi connectivity index (χ1n) is 6.96. The molecule has 0 bridgehead atoms. The molecular formula is C17H13F2N3O. The highest BCUT2D eigenvalue weighted by atomic mass is 19.1. The molecule has 116 valence electrons. The molecule has 6 heteroatoms. The van der Waals surface area contributed by atoms with Crippen LogP contribution in [0, 0.1) is 11.6 Å². The van der Waals surface area contributed by atoms with E-state index in [1.165, 1.54) is 12.1 Å². The molecule has 2 N–H and O–H groups in total. The molecule has 3 aromatic rings. The summed E-state index contributed by atoms with van der Waals surface area (Å²) in [5, 5.41) is 3.35. The van der Waals surface area contributed by atoms with Crippen LogP contribution in [-0.4, -0.2) is 15.9 Å². The Hall–Kier alpha value is -3.02. The van der Waals surface area contributed by atoms with Gasteiger partial charge in [0.1, 0.15) is 17.3 Å². The summed E-state index contributed by atoms with van der Waals surface area (Å²) in [6.45, 7) is -0.211. The van der Waals surface area contributed by atoms with Gasteiger partial charge in [0.2, 0.25) is 5.91 Å². The highest BCUT2D eigenvalue weighted by Gasteiger charge is 2.08. The van der Waals surface area contributed by atoms with Crippen molar-refractivity contribution >= 4 is 23.0 Å². The molecule has 0 spiro atoms. The normalized spacial score (nSPS) is 11.2. The fraction of sp³-hybridized carbons (Fsp3) is 0.0588. The van der Waals surface area contributed by atoms with E-state index in [1.807, 2.05) is 6.07 Å². The third-order valence-corrected chi connectivity index (χ3v) is 3.40. The fourth-order valence-electron chi connectivity index (χ4n) is 2.22. The van der Waals surface area contributed by atoms with Gasteiger partial charge in [0, 0.05) is 41.5 Å². The number of aromatic amines is 1. The van der Waals surface area contributed by atoms with E-state index in [1.54, 1.807) is 24.5 Å². The van der Waals surface area contributed by atoms with Crippen LogP contribution in [0.25, 0.3) is 17.1 Å². The summed E-state index contributed by atoms with van der Waals surface area (Å²) in [7, 11) is 0. The number of hydrogen-bond acceptors (Lipinski definition) is 2. The largest absolute Gasteiger partial charge is 0.348 e. The number of fused-ring (bicyclic) bond motifs is 1. The number of carbonyl (C=O) groups is 1. The van der Waals surface area contributed by atoms with E-state index >= 15 is 0 Å². The zero-order valence-corrected chi connectivity index (χ0v) is 12.0. The molecule has 1 aromatic carbocycles. The lowest BCUT2D eigenvalue weighted by Crippen LogP contribution is -2.21. The minimum Gasteiger partial charge on any atom is -0.348 e. The number of H-pyrrole nitrogens is 1. The van der Waals surface area contributed by atoms with E-state index in [4.69, 9.17) is 0 Å². The van der Waals surface area contributed by atoms with Crippen LogP contribution in [0.5, 0.6) is 0 Å². The van der Waals surface area contributed by atoms with Gasteiger partial charge in [0.05, 0.1) is 0 Å². The maximum atomic E-state index is 13.5. The van der Waals surface area contributed by atoms with Crippen LogP contribution >= 0.6 is 0 Å². The maximum Gasteiger partial charge on any atom is 0.244 e. The van der Waals surface area contributed by atoms with E-state index in [9.17, 15) is 13.6 Å². The first-order valence-corrected chi connectivity index (χ1v) is 6.96. The SMILES string of the molecule is O=C(/C=C/c1c[nH]c2ncccc12)NCc1c(F)cccc1F. The van der Waals surface area contributed by atoms with Gasteiger partial charge in [-0.3, -0.25) is 4.79 Å². The summed E-state index contributed by atoms with van der Waals surface area (Å²) >= 11 is 0. The molecule has 0 unspecified atom stereocenters. The first-order chi connectivity index (χ1) is 11.1. The number of carbonyl (C=O) groups excluding carboxylic acids is 1. The first kappa shape index (κ1) is 14.9. The lowest BCUT2D eigenvalue weighted by atomic mass is 10.2. The Labute approximate surface area is 130 Å². The van der Waals surface area contributed by atoms with Crippen molar-refractivity contribution in [3.05, 3.63) is 71.6 Å². The topological polar surface area (TPSA) is 57.8 Å². The summed E-state index contributed by atoms with van der Waals surface area (Å²) < 4.78 is 26.9. The van der Waals surface area contributed by atoms with Crippen molar-refractivity contribution in [3.63, 3.8) is 0 Å². The van der Waals surface area contributed by atoms with Gasteiger partial charge in [-0.15, -0.1) is 0 Å². The molecule has 0 radical (unpaired) electrons. The highest BCUT2D eigenvalue weighted by molar-refractivity contribution is 5.95. The maximum absolute atomic E-state index is 13.5. The third kappa shape index (κ3) is 3.26. The minimum atomic E-state index is -0.683. The zero-order chi connectivity index (χ0) is 16.2. The molecule has 0 saturated heterocycles. The van der Waals surface area contributed by atoms with E-state index in [0.29, 0.717) is 0 Å². The summed E-state index contributed by atoms with van der Waals surface area (Å²) in [5.41, 5.74) is 1.37. The predicted octanol–water partition coefficient (Wildman–Crippen LogP) is 3.17. The number of nitrogens with zero attached hydrogens (tertiary/aromatic N) is 1. The number of hydrogen-bond donors (Lipinski definition) is 2. The molecule has 1 amide bonds. The van der Waals surface area contributed by atoms with Gasteiger partial charge >= 0.3 is 0 Å². The second-order valence-electron chi connectivity index (χ2n) is 4.89. The van der Waals surface area contributed by atoms with Crippen LogP contribution in [-0.2, 0) is 11.3 Å². The molecule has 23 heavy (non-hydrogen) atoms. The Balaban J connectivity index is 1.68. The molecule has 0 atom stereocenters. The number of aromatic nitrogens is 2. The number of pyridine rings is 1. The van der Waals surface area contributed by atoms with Gasteiger partial charge in [-0.25, -0.2) is 13.8 Å². The zero-order valence-electron chi connectivity index (χ0n) is 12.0. The Bertz CT molecular complexity index is 866. The van der Waals surface area contributed by atoms with Crippen LogP contribution in [0.4, 0.5) is 8.78 Å². The van der Waals surface area contributed by atoms with Crippen molar-refractivity contribution in [2.45, 2.75) is 6.54 Å². The van der Waals surface area contributed by atoms with Gasteiger partial charge in [-0.05, 0) is 30.3 Å². The summed E-state index contributed by atoms with van der Waals surface area (Å²) in [6.07, 6.45) is 6.34. The Morgan fingerprint density at radius 2 is 2.00 bits per heavy atom. The van der Waals surface area contributed by atoms with E-state index < -0.39 is 17.5 Å². The van der Waals surface area contributed by atoms with Gasteiger partial charge in [-0.2, -0.15) is 0 Å². The van der Waals surface area contributed by atoms with Crippen LogP contribution in [0.15, 0.2) is 48.8 Å². The van der Waals surface area contributed by atoms with Crippen LogP contribution < -0.4 is 5.32 Å². The quantitative estimate of drug-likeness (QED) is 0.727. The Morgan fingerprint density at radius 1 is 1.22 bits per heavy atom. The second-order valence-corrected chi connectivity index (χ2v) is 4.89. The predicted molar refractivity (Wildman–Crippen MR) is 83.3 cm³/mol. The Kier molecular flexibility index (Phi) is 4.14. The van der Waals surface area contributed by atoms with Crippen molar-refractivity contribution < 1.29 is 13.6 Å². The van der Waals surface area contributed by atoms with E-state index in [0.717, 1.165) is 28.7 Å². The molecule has 2 heterocycles. The van der Waals surface area contributed by atoms with Gasteiger partial charge < -0.3 is 10.3 Å². The smallest absolute Gasteiger partial charge is 0.244 e. The third-order valence-electron chi connectivity index (χ3n) is 3.40. The number of halogens is 2. The van der Waals surface area contributed by atoms with E-state index in [2.05, 4.69) is 15.3 Å². The number of benzene rings is 1. The van der Waals surface area contributed by atoms with E-state index in [-0.39, 0.29) is 12.1 Å². The summed E-state index contributed by atoms with van der Waals surface area (Å²) in [5.74, 6) is -1.81. The molecule has 0 saturated carbocycles. The molecule has 2 aromatic heterocycles. The standard InChI is InChI=1S/C17H13F2N3O/c18-14-4-1-5-15(19)13(14)10-21-16(23)7-6-11-9-22-17-12(11)3-2-8-20-17/h1-9H,10H2,(H,20,22)(H,21,23)/b7-6+. The Morgan fingerprint density at radius 3 is 2.78 bits per heavy atom. The molecule has 0 fully saturated rings. The fourth-order valence-corrected chi connectivity index (χ4v) is 2.22. The van der Waals surface area contributed by atoms with Crippen molar-refractivity contribution in [1.29, 1.82) is 0 Å². The molecule has 0 aliphatic rings. The van der Waals surface area contributed by atoms with Crippen molar-refractivity contribution in [1.82, 2.24) is 15.3 Å². The summed E-state index contributed by atoms with van der Waals surface area (Å²) in [4.78, 5) is 18.9. The molecule has 4 nitrogen and oxygen atoms in total. The lowest BCUT2D eigenvalue weighted by molar-refractivity contribution is -0.116. The average Bonchev–Trinajstić information content (AvgIpc) is 2.96. The van der Waals surface area contributed by atoms with Gasteiger partial charge in [0.25, 0.3) is 0 Å². The second kappa shape index (κ2) is 6.39. The average molecular weight is 313 g/mol. The number of amides is 1. The monoisotopic (exact) mass is 313 g/mol. The van der Waals surface area contributed by atoms with Gasteiger partial charge in [0.15, 0.2) is 0 Å². The van der Waals surface area contributed by atoms with Crippen molar-refractivity contribution in [2.24, 2.45) is 0 Å².